The van der Waals surface area contributed by atoms with Crippen LogP contribution in [0.3, 0.4) is 0 Å². The molecule has 0 spiro atoms. The van der Waals surface area contributed by atoms with Gasteiger partial charge in [0.2, 0.25) is 15.9 Å². The molecule has 0 aliphatic heterocycles. The van der Waals surface area contributed by atoms with Crippen LogP contribution in [0.15, 0.2) is 28.7 Å². The third kappa shape index (κ3) is 3.45. The molecule has 2 rings (SSSR count). The van der Waals surface area contributed by atoms with Gasteiger partial charge in [-0.15, -0.1) is 0 Å². The Morgan fingerprint density at radius 2 is 1.95 bits per heavy atom. The zero-order valence-electron chi connectivity index (χ0n) is 12.4. The van der Waals surface area contributed by atoms with Gasteiger partial charge in [-0.3, -0.25) is 4.79 Å². The molecule has 0 saturated carbocycles. The Hall–Kier alpha value is -2.35. The van der Waals surface area contributed by atoms with E-state index in [9.17, 15) is 13.2 Å². The third-order valence-electron chi connectivity index (χ3n) is 2.98. The number of nitrogens with zero attached hydrogens (tertiary/aromatic N) is 1. The van der Waals surface area contributed by atoms with Crippen LogP contribution in [0.5, 0.6) is 5.75 Å². The van der Waals surface area contributed by atoms with Crippen molar-refractivity contribution in [3.63, 3.8) is 0 Å². The highest BCUT2D eigenvalue weighted by atomic mass is 32.2. The molecule has 0 saturated heterocycles. The van der Waals surface area contributed by atoms with Crippen molar-refractivity contribution in [3.8, 4) is 17.2 Å². The minimum absolute atomic E-state index is 0.0529. The number of aromatic nitrogens is 1. The predicted molar refractivity (Wildman–Crippen MR) is 80.2 cm³/mol. The van der Waals surface area contributed by atoms with Gasteiger partial charge in [0.15, 0.2) is 5.69 Å². The lowest BCUT2D eigenvalue weighted by atomic mass is 10.2. The van der Waals surface area contributed by atoms with E-state index in [2.05, 4.69) is 4.98 Å². The number of methoxy groups -OCH3 is 1. The molecule has 2 aromatic rings. The molecule has 0 aliphatic rings. The molecule has 1 aromatic heterocycles. The number of rotatable bonds is 5. The van der Waals surface area contributed by atoms with Gasteiger partial charge in [-0.2, -0.15) is 0 Å². The minimum atomic E-state index is -3.65. The Morgan fingerprint density at radius 3 is 2.50 bits per heavy atom. The maximum atomic E-state index is 12.0. The van der Waals surface area contributed by atoms with E-state index in [4.69, 9.17) is 9.15 Å². The van der Waals surface area contributed by atoms with Crippen molar-refractivity contribution in [2.24, 2.45) is 0 Å². The van der Waals surface area contributed by atoms with Crippen molar-refractivity contribution in [2.75, 3.05) is 12.9 Å². The zero-order chi connectivity index (χ0) is 16.3. The third-order valence-corrected chi connectivity index (χ3v) is 4.23. The molecule has 22 heavy (non-hydrogen) atoms. The van der Waals surface area contributed by atoms with Gasteiger partial charge in [0.25, 0.3) is 5.91 Å². The molecule has 1 N–H and O–H groups in total. The van der Waals surface area contributed by atoms with Gasteiger partial charge in [-0.1, -0.05) is 0 Å². The summed E-state index contributed by atoms with van der Waals surface area (Å²) < 4.78 is 35.3. The average Bonchev–Trinajstić information content (AvgIpc) is 2.89. The SMILES string of the molecule is CCS(=O)(=O)NC(=O)c1nc(-c2ccc(OC)cc2)oc1C. The van der Waals surface area contributed by atoms with Crippen molar-refractivity contribution >= 4 is 15.9 Å². The van der Waals surface area contributed by atoms with Gasteiger partial charge in [0.05, 0.1) is 12.9 Å². The first-order valence-electron chi connectivity index (χ1n) is 6.53. The lowest BCUT2D eigenvalue weighted by Gasteiger charge is -2.01. The van der Waals surface area contributed by atoms with Crippen LogP contribution < -0.4 is 9.46 Å². The van der Waals surface area contributed by atoms with E-state index < -0.39 is 15.9 Å². The molecule has 1 heterocycles. The number of oxazole rings is 1. The quantitative estimate of drug-likeness (QED) is 0.899. The van der Waals surface area contributed by atoms with Crippen LogP contribution in [0.25, 0.3) is 11.5 Å². The molecular formula is C14H16N2O5S. The summed E-state index contributed by atoms with van der Waals surface area (Å²) in [6.07, 6.45) is 0. The van der Waals surface area contributed by atoms with Crippen molar-refractivity contribution in [1.29, 1.82) is 0 Å². The normalized spacial score (nSPS) is 11.2. The van der Waals surface area contributed by atoms with E-state index in [1.54, 1.807) is 38.3 Å². The van der Waals surface area contributed by atoms with Crippen molar-refractivity contribution in [2.45, 2.75) is 13.8 Å². The number of nitrogens with one attached hydrogen (secondary N) is 1. The molecule has 7 nitrogen and oxygen atoms in total. The molecule has 0 unspecified atom stereocenters. The van der Waals surface area contributed by atoms with Gasteiger partial charge in [0.1, 0.15) is 11.5 Å². The first-order valence-corrected chi connectivity index (χ1v) is 8.18. The Labute approximate surface area is 128 Å². The van der Waals surface area contributed by atoms with E-state index in [1.807, 2.05) is 4.72 Å². The molecule has 118 valence electrons. The van der Waals surface area contributed by atoms with Gasteiger partial charge in [-0.25, -0.2) is 18.1 Å². The lowest BCUT2D eigenvalue weighted by Crippen LogP contribution is -2.32. The maximum Gasteiger partial charge on any atom is 0.286 e. The summed E-state index contributed by atoms with van der Waals surface area (Å²) in [5.41, 5.74) is 0.601. The Bertz CT molecular complexity index is 778. The summed E-state index contributed by atoms with van der Waals surface area (Å²) in [6.45, 7) is 2.99. The van der Waals surface area contributed by atoms with Crippen LogP contribution in [-0.4, -0.2) is 32.2 Å². The Kier molecular flexibility index (Phi) is 4.51. The largest absolute Gasteiger partial charge is 0.497 e. The highest BCUT2D eigenvalue weighted by molar-refractivity contribution is 7.90. The van der Waals surface area contributed by atoms with E-state index in [0.717, 1.165) is 0 Å². The molecule has 0 atom stereocenters. The van der Waals surface area contributed by atoms with Crippen molar-refractivity contribution in [1.82, 2.24) is 9.71 Å². The number of sulfonamides is 1. The highest BCUT2D eigenvalue weighted by Gasteiger charge is 2.21. The van der Waals surface area contributed by atoms with Gasteiger partial charge in [-0.05, 0) is 38.1 Å². The highest BCUT2D eigenvalue weighted by Crippen LogP contribution is 2.24. The number of hydrogen-bond acceptors (Lipinski definition) is 6. The number of aryl methyl sites for hydroxylation is 1. The maximum absolute atomic E-state index is 12.0. The topological polar surface area (TPSA) is 98.5 Å². The van der Waals surface area contributed by atoms with E-state index in [0.29, 0.717) is 11.3 Å². The standard InChI is InChI=1S/C14H16N2O5S/c1-4-22(18,19)16-13(17)12-9(2)21-14(15-12)10-5-7-11(20-3)8-6-10/h5-8H,4H2,1-3H3,(H,16,17). The van der Waals surface area contributed by atoms with Crippen LogP contribution in [0.1, 0.15) is 23.2 Å². The number of carbonyl (C=O) groups excluding carboxylic acids is 1. The molecule has 0 aliphatic carbocycles. The first kappa shape index (κ1) is 16.0. The number of amides is 1. The van der Waals surface area contributed by atoms with Crippen LogP contribution >= 0.6 is 0 Å². The van der Waals surface area contributed by atoms with Crippen LogP contribution in [0, 0.1) is 6.92 Å². The van der Waals surface area contributed by atoms with Gasteiger partial charge in [0, 0.05) is 5.56 Å². The summed E-state index contributed by atoms with van der Waals surface area (Å²) in [5.74, 6) is 0.164. The second kappa shape index (κ2) is 6.18. The molecule has 8 heteroatoms. The molecule has 0 radical (unpaired) electrons. The fourth-order valence-corrected chi connectivity index (χ4v) is 2.25. The fraction of sp³-hybridized carbons (Fsp3) is 0.286. The summed E-state index contributed by atoms with van der Waals surface area (Å²) in [5, 5.41) is 0. The number of ether oxygens (including phenoxy) is 1. The number of benzene rings is 1. The molecule has 0 fully saturated rings. The van der Waals surface area contributed by atoms with Crippen molar-refractivity contribution < 1.29 is 22.4 Å². The molecular weight excluding hydrogens is 308 g/mol. The second-order valence-electron chi connectivity index (χ2n) is 4.49. The predicted octanol–water partition coefficient (Wildman–Crippen LogP) is 1.74. The lowest BCUT2D eigenvalue weighted by molar-refractivity contribution is 0.0976. The molecule has 1 amide bonds. The van der Waals surface area contributed by atoms with Gasteiger partial charge >= 0.3 is 0 Å². The van der Waals surface area contributed by atoms with Crippen LogP contribution in [0.2, 0.25) is 0 Å². The second-order valence-corrected chi connectivity index (χ2v) is 6.50. The fourth-order valence-electron chi connectivity index (χ4n) is 1.73. The van der Waals surface area contributed by atoms with Crippen molar-refractivity contribution in [3.05, 3.63) is 35.7 Å². The first-order chi connectivity index (χ1) is 10.4. The summed E-state index contributed by atoms with van der Waals surface area (Å²) in [6, 6.07) is 6.93. The monoisotopic (exact) mass is 324 g/mol. The summed E-state index contributed by atoms with van der Waals surface area (Å²) >= 11 is 0. The smallest absolute Gasteiger partial charge is 0.286 e. The number of hydrogen-bond donors (Lipinski definition) is 1. The Morgan fingerprint density at radius 1 is 1.32 bits per heavy atom. The van der Waals surface area contributed by atoms with E-state index >= 15 is 0 Å². The Balaban J connectivity index is 2.29. The van der Waals surface area contributed by atoms with E-state index in [-0.39, 0.29) is 23.1 Å². The molecule has 0 bridgehead atoms. The summed E-state index contributed by atoms with van der Waals surface area (Å²) in [7, 11) is -2.09. The van der Waals surface area contributed by atoms with Crippen LogP contribution in [-0.2, 0) is 10.0 Å². The summed E-state index contributed by atoms with van der Waals surface area (Å²) in [4.78, 5) is 16.0. The number of carbonyl (C=O) groups is 1. The zero-order valence-corrected chi connectivity index (χ0v) is 13.2. The molecule has 1 aromatic carbocycles. The van der Waals surface area contributed by atoms with E-state index in [1.165, 1.54) is 6.92 Å². The van der Waals surface area contributed by atoms with Gasteiger partial charge < -0.3 is 9.15 Å². The minimum Gasteiger partial charge on any atom is -0.497 e. The average molecular weight is 324 g/mol. The van der Waals surface area contributed by atoms with Crippen LogP contribution in [0.4, 0.5) is 0 Å².